The molecule has 0 aromatic heterocycles. The van der Waals surface area contributed by atoms with E-state index in [9.17, 15) is 9.59 Å². The number of hydrogen-bond donors (Lipinski definition) is 2. The Hall–Kier alpha value is -1.58. The van der Waals surface area contributed by atoms with E-state index in [2.05, 4.69) is 10.6 Å². The lowest BCUT2D eigenvalue weighted by molar-refractivity contribution is -0.123. The van der Waals surface area contributed by atoms with E-state index in [1.807, 2.05) is 13.0 Å². The second kappa shape index (κ2) is 4.96. The Kier molecular flexibility index (Phi) is 3.88. The fraction of sp³-hybridized carbons (Fsp3) is 0.500. The van der Waals surface area contributed by atoms with Crippen LogP contribution in [0.5, 0.6) is 0 Å². The van der Waals surface area contributed by atoms with Crippen LogP contribution >= 0.6 is 0 Å². The van der Waals surface area contributed by atoms with Crippen molar-refractivity contribution >= 4 is 11.6 Å². The molecule has 0 bridgehead atoms. The third-order valence-electron chi connectivity index (χ3n) is 2.80. The van der Waals surface area contributed by atoms with Gasteiger partial charge in [-0.15, -0.1) is 0 Å². The molecule has 2 N–H and O–H groups in total. The van der Waals surface area contributed by atoms with Crippen LogP contribution in [0.2, 0.25) is 0 Å². The highest BCUT2D eigenvalue weighted by Crippen LogP contribution is 2.19. The van der Waals surface area contributed by atoms with Crippen molar-refractivity contribution in [3.63, 3.8) is 0 Å². The maximum Gasteiger partial charge on any atom is 0.189 e. The second-order valence-electron chi connectivity index (χ2n) is 3.83. The van der Waals surface area contributed by atoms with Gasteiger partial charge in [0.2, 0.25) is 0 Å². The van der Waals surface area contributed by atoms with Gasteiger partial charge in [0, 0.05) is 18.2 Å². The largest absolute Gasteiger partial charge is 0.375 e. The fourth-order valence-electron chi connectivity index (χ4n) is 1.65. The molecule has 4 heteroatoms. The summed E-state index contributed by atoms with van der Waals surface area (Å²) in [5, 5.41) is 5.86. The Morgan fingerprint density at radius 1 is 1.25 bits per heavy atom. The van der Waals surface area contributed by atoms with E-state index in [-0.39, 0.29) is 11.6 Å². The zero-order valence-electron chi connectivity index (χ0n) is 10.2. The quantitative estimate of drug-likeness (QED) is 0.694. The molecule has 0 radical (unpaired) electrons. The van der Waals surface area contributed by atoms with Gasteiger partial charge in [-0.25, -0.2) is 0 Å². The van der Waals surface area contributed by atoms with Crippen LogP contribution in [0.15, 0.2) is 23.0 Å². The molecule has 0 amide bonds. The van der Waals surface area contributed by atoms with Crippen LogP contribution in [-0.2, 0) is 9.59 Å². The van der Waals surface area contributed by atoms with Gasteiger partial charge in [-0.1, -0.05) is 6.92 Å². The minimum atomic E-state index is -0.745. The number of ketones is 2. The van der Waals surface area contributed by atoms with Crippen molar-refractivity contribution in [1.82, 2.24) is 10.6 Å². The summed E-state index contributed by atoms with van der Waals surface area (Å²) in [6, 6.07) is -0.745. The lowest BCUT2D eigenvalue weighted by atomic mass is 10.1. The van der Waals surface area contributed by atoms with Crippen molar-refractivity contribution in [2.45, 2.75) is 33.2 Å². The normalized spacial score (nSPS) is 18.4. The molecule has 0 fully saturated rings. The number of carbonyl (C=O) groups is 2. The lowest BCUT2D eigenvalue weighted by Gasteiger charge is -2.15. The van der Waals surface area contributed by atoms with Gasteiger partial charge in [0.25, 0.3) is 0 Å². The predicted molar refractivity (Wildman–Crippen MR) is 62.7 cm³/mol. The highest BCUT2D eigenvalue weighted by molar-refractivity contribution is 6.27. The molecule has 1 aliphatic rings. The first kappa shape index (κ1) is 12.5. The average molecular weight is 222 g/mol. The molecular weight excluding hydrogens is 204 g/mol. The fourth-order valence-corrected chi connectivity index (χ4v) is 1.65. The Labute approximate surface area is 95.8 Å². The molecule has 0 spiro atoms. The van der Waals surface area contributed by atoms with Gasteiger partial charge in [0.1, 0.15) is 0 Å². The van der Waals surface area contributed by atoms with Crippen LogP contribution in [0, 0.1) is 0 Å². The molecule has 88 valence electrons. The first-order valence-electron chi connectivity index (χ1n) is 5.43. The van der Waals surface area contributed by atoms with Gasteiger partial charge in [-0.05, 0) is 26.3 Å². The third kappa shape index (κ3) is 2.15. The third-order valence-corrected chi connectivity index (χ3v) is 2.80. The molecule has 1 aliphatic carbocycles. The summed E-state index contributed by atoms with van der Waals surface area (Å²) in [4.78, 5) is 23.6. The van der Waals surface area contributed by atoms with Crippen molar-refractivity contribution in [1.29, 1.82) is 0 Å². The summed E-state index contributed by atoms with van der Waals surface area (Å²) < 4.78 is 0. The van der Waals surface area contributed by atoms with Crippen molar-refractivity contribution < 1.29 is 9.59 Å². The number of rotatable bonds is 4. The summed E-state index contributed by atoms with van der Waals surface area (Å²) in [6.45, 7) is 5.38. The molecule has 0 aromatic rings. The predicted octanol–water partition coefficient (Wildman–Crippen LogP) is 0.904. The van der Waals surface area contributed by atoms with E-state index in [1.165, 1.54) is 0 Å². The molecule has 0 heterocycles. The summed E-state index contributed by atoms with van der Waals surface area (Å²) in [5.41, 5.74) is 1.13. The van der Waals surface area contributed by atoms with Crippen molar-refractivity contribution in [3.05, 3.63) is 23.0 Å². The summed E-state index contributed by atoms with van der Waals surface area (Å²) in [5.74, 6) is 0.469. The van der Waals surface area contributed by atoms with Crippen LogP contribution in [0.25, 0.3) is 0 Å². The van der Waals surface area contributed by atoms with Crippen molar-refractivity contribution in [3.8, 4) is 0 Å². The van der Waals surface area contributed by atoms with Gasteiger partial charge in [-0.2, -0.15) is 0 Å². The van der Waals surface area contributed by atoms with Crippen molar-refractivity contribution in [2.75, 3.05) is 7.05 Å². The molecule has 0 saturated heterocycles. The maximum absolute atomic E-state index is 11.8. The Bertz CT molecular complexity index is 356. The maximum atomic E-state index is 11.8. The molecule has 0 aliphatic heterocycles. The zero-order valence-corrected chi connectivity index (χ0v) is 10.2. The second-order valence-corrected chi connectivity index (χ2v) is 3.83. The molecule has 0 unspecified atom stereocenters. The van der Waals surface area contributed by atoms with Crippen LogP contribution in [0.3, 0.4) is 0 Å². The SMILES string of the molecule is CC/C=C(\NC)NC1C(=O)C(C)=C(C)C1=O. The van der Waals surface area contributed by atoms with E-state index >= 15 is 0 Å². The molecule has 0 aromatic carbocycles. The number of carbonyl (C=O) groups excluding carboxylic acids is 2. The van der Waals surface area contributed by atoms with Gasteiger partial charge in [-0.3, -0.25) is 9.59 Å². The van der Waals surface area contributed by atoms with Gasteiger partial charge in [0.05, 0.1) is 5.82 Å². The van der Waals surface area contributed by atoms with E-state index in [1.54, 1.807) is 20.9 Å². The summed E-state index contributed by atoms with van der Waals surface area (Å²) in [6.07, 6.45) is 2.74. The molecule has 16 heavy (non-hydrogen) atoms. The van der Waals surface area contributed by atoms with E-state index in [0.717, 1.165) is 12.2 Å². The zero-order chi connectivity index (χ0) is 12.3. The lowest BCUT2D eigenvalue weighted by Crippen LogP contribution is -2.42. The molecule has 1 rings (SSSR count). The van der Waals surface area contributed by atoms with Gasteiger partial charge >= 0.3 is 0 Å². The minimum absolute atomic E-state index is 0.125. The van der Waals surface area contributed by atoms with Gasteiger partial charge in [0.15, 0.2) is 17.6 Å². The highest BCUT2D eigenvalue weighted by atomic mass is 16.2. The smallest absolute Gasteiger partial charge is 0.189 e. The first-order chi connectivity index (χ1) is 7.52. The first-order valence-corrected chi connectivity index (χ1v) is 5.43. The molecular formula is C12H18N2O2. The molecule has 4 nitrogen and oxygen atoms in total. The van der Waals surface area contributed by atoms with Crippen LogP contribution in [0.4, 0.5) is 0 Å². The summed E-state index contributed by atoms with van der Waals surface area (Å²) in [7, 11) is 1.76. The number of nitrogens with one attached hydrogen (secondary N) is 2. The Morgan fingerprint density at radius 3 is 2.12 bits per heavy atom. The Morgan fingerprint density at radius 2 is 1.75 bits per heavy atom. The number of Topliss-reactive ketones (excluding diaryl/α,β-unsaturated/α-hetero) is 2. The van der Waals surface area contributed by atoms with Crippen LogP contribution in [-0.4, -0.2) is 24.7 Å². The molecule has 0 saturated carbocycles. The number of allylic oxidation sites excluding steroid dienone is 1. The highest BCUT2D eigenvalue weighted by Gasteiger charge is 2.36. The van der Waals surface area contributed by atoms with Gasteiger partial charge < -0.3 is 10.6 Å². The molecule has 0 atom stereocenters. The van der Waals surface area contributed by atoms with Crippen LogP contribution < -0.4 is 10.6 Å². The number of hydrogen-bond acceptors (Lipinski definition) is 4. The topological polar surface area (TPSA) is 58.2 Å². The van der Waals surface area contributed by atoms with Crippen LogP contribution in [0.1, 0.15) is 27.2 Å². The average Bonchev–Trinajstić information content (AvgIpc) is 2.46. The van der Waals surface area contributed by atoms with Crippen molar-refractivity contribution in [2.24, 2.45) is 0 Å². The van der Waals surface area contributed by atoms with E-state index in [4.69, 9.17) is 0 Å². The van der Waals surface area contributed by atoms with E-state index < -0.39 is 6.04 Å². The minimum Gasteiger partial charge on any atom is -0.375 e. The monoisotopic (exact) mass is 222 g/mol. The standard InChI is InChI=1S/C12H18N2O2/c1-5-6-9(13-4)14-10-11(15)7(2)8(3)12(10)16/h6,10,13-14H,5H2,1-4H3/b9-6+. The van der Waals surface area contributed by atoms with E-state index in [0.29, 0.717) is 11.1 Å². The Balaban J connectivity index is 2.83. The summed E-state index contributed by atoms with van der Waals surface area (Å²) >= 11 is 0.